The highest BCUT2D eigenvalue weighted by Crippen LogP contribution is 2.28. The maximum absolute atomic E-state index is 13.4. The number of halogens is 1. The summed E-state index contributed by atoms with van der Waals surface area (Å²) in [7, 11) is 13.0. The van der Waals surface area contributed by atoms with Crippen LogP contribution in [0.5, 0.6) is 0 Å². The molecule has 4 radical (unpaired) electrons. The molecule has 0 aliphatic carbocycles. The van der Waals surface area contributed by atoms with Gasteiger partial charge < -0.3 is 20.1 Å². The van der Waals surface area contributed by atoms with Crippen LogP contribution >= 0.6 is 0 Å². The number of methoxy groups -OCH3 is 1. The zero-order valence-corrected chi connectivity index (χ0v) is 12.0. The highest BCUT2D eigenvalue weighted by Gasteiger charge is 2.42. The fourth-order valence-corrected chi connectivity index (χ4v) is 2.09. The molecule has 0 fully saturated rings. The second-order valence-corrected chi connectivity index (χ2v) is 4.81. The van der Waals surface area contributed by atoms with Crippen molar-refractivity contribution in [3.8, 4) is 12.3 Å². The van der Waals surface area contributed by atoms with Gasteiger partial charge in [0, 0.05) is 13.5 Å². The van der Waals surface area contributed by atoms with Gasteiger partial charge in [-0.1, -0.05) is 5.92 Å². The minimum absolute atomic E-state index is 0.0609. The number of hydrogen-bond acceptors (Lipinski definition) is 6. The van der Waals surface area contributed by atoms with Crippen LogP contribution in [0.15, 0.2) is 6.33 Å². The molecule has 0 spiro atoms. The molecule has 0 saturated heterocycles. The maximum atomic E-state index is 13.4. The van der Waals surface area contributed by atoms with Gasteiger partial charge >= 0.3 is 12.0 Å². The molecule has 3 N–H and O–H groups in total. The summed E-state index contributed by atoms with van der Waals surface area (Å²) < 4.78 is 19.3. The lowest BCUT2D eigenvalue weighted by molar-refractivity contribution is -0.156. The predicted molar refractivity (Wildman–Crippen MR) is 80.0 cm³/mol. The van der Waals surface area contributed by atoms with Crippen LogP contribution < -0.4 is 5.73 Å². The lowest BCUT2D eigenvalue weighted by Crippen LogP contribution is -2.49. The van der Waals surface area contributed by atoms with E-state index in [1.54, 1.807) is 0 Å². The van der Waals surface area contributed by atoms with Crippen molar-refractivity contribution in [1.82, 2.24) is 19.5 Å². The zero-order valence-electron chi connectivity index (χ0n) is 12.0. The summed E-state index contributed by atoms with van der Waals surface area (Å²) >= 11 is 0. The van der Waals surface area contributed by atoms with Crippen LogP contribution in [0.25, 0.3) is 11.2 Å². The largest absolute Gasteiger partial charge is 0.478 e. The number of carbonyl (C=O) groups is 1. The number of hydrogen-bond donors (Lipinski definition) is 2. The molecular weight excluding hydrogens is 303 g/mol. The second kappa shape index (κ2) is 5.55. The number of nitrogens with two attached hydrogens (primary N) is 1. The van der Waals surface area contributed by atoms with Crippen molar-refractivity contribution in [1.29, 1.82) is 0 Å². The third kappa shape index (κ3) is 2.73. The molecule has 0 aromatic carbocycles. The molecule has 2 rings (SSSR count). The summed E-state index contributed by atoms with van der Waals surface area (Å²) in [6, 6.07) is 0. The summed E-state index contributed by atoms with van der Waals surface area (Å²) in [5, 5.41) is 7.38. The van der Waals surface area contributed by atoms with E-state index in [2.05, 4.69) is 15.0 Å². The van der Waals surface area contributed by atoms with Crippen molar-refractivity contribution < 1.29 is 19.0 Å². The molecule has 1 atom stereocenters. The Labute approximate surface area is 133 Å². The van der Waals surface area contributed by atoms with Crippen molar-refractivity contribution >= 4 is 38.6 Å². The molecule has 0 bridgehead atoms. The van der Waals surface area contributed by atoms with Crippen LogP contribution in [0, 0.1) is 18.4 Å². The third-order valence-electron chi connectivity index (χ3n) is 3.30. The number of terminal acetylenes is 1. The van der Waals surface area contributed by atoms with Crippen molar-refractivity contribution in [2.75, 3.05) is 12.8 Å². The van der Waals surface area contributed by atoms with Gasteiger partial charge in [-0.15, -0.1) is 6.42 Å². The number of aliphatic carboxylic acids is 1. The van der Waals surface area contributed by atoms with E-state index in [9.17, 15) is 14.3 Å². The van der Waals surface area contributed by atoms with E-state index in [-0.39, 0.29) is 17.0 Å². The second-order valence-electron chi connectivity index (χ2n) is 4.81. The van der Waals surface area contributed by atoms with E-state index in [0.29, 0.717) is 0 Å². The van der Waals surface area contributed by atoms with Gasteiger partial charge in [0.2, 0.25) is 5.60 Å². The van der Waals surface area contributed by atoms with Crippen LogP contribution in [0.4, 0.5) is 10.2 Å². The number of anilines is 1. The van der Waals surface area contributed by atoms with Crippen LogP contribution in [-0.2, 0) is 14.9 Å². The number of fused-ring (bicyclic) bond motifs is 1. The first kappa shape index (κ1) is 16.8. The van der Waals surface area contributed by atoms with E-state index in [1.807, 2.05) is 5.92 Å². The van der Waals surface area contributed by atoms with E-state index < -0.39 is 29.4 Å². The fourth-order valence-electron chi connectivity index (χ4n) is 2.09. The lowest BCUT2D eigenvalue weighted by atomic mass is 9.57. The average molecular weight is 313 g/mol. The molecule has 2 aromatic heterocycles. The van der Waals surface area contributed by atoms with Gasteiger partial charge in [-0.25, -0.2) is 9.78 Å². The van der Waals surface area contributed by atoms with Gasteiger partial charge in [0.05, 0.1) is 22.0 Å². The predicted octanol–water partition coefficient (Wildman–Crippen LogP) is -1.01. The first-order chi connectivity index (χ1) is 10.7. The number of imidazole rings is 1. The Morgan fingerprint density at radius 1 is 1.61 bits per heavy atom. The fraction of sp³-hybridized carbons (Fsp3) is 0.333. The Bertz CT molecular complexity index is 819. The smallest absolute Gasteiger partial charge is 0.348 e. The minimum atomic E-state index is -2.09. The Kier molecular flexibility index (Phi) is 4.05. The van der Waals surface area contributed by atoms with Crippen molar-refractivity contribution in [3.05, 3.63) is 12.4 Å². The number of nitrogen functional groups attached to an aromatic ring is 1. The number of aromatic nitrogens is 4. The van der Waals surface area contributed by atoms with Gasteiger partial charge in [0.25, 0.3) is 0 Å². The van der Waals surface area contributed by atoms with Gasteiger partial charge in [-0.05, 0) is 5.34 Å². The van der Waals surface area contributed by atoms with Gasteiger partial charge in [-0.2, -0.15) is 14.4 Å². The van der Waals surface area contributed by atoms with Crippen LogP contribution in [0.2, 0.25) is 0 Å². The van der Waals surface area contributed by atoms with Crippen molar-refractivity contribution in [2.45, 2.75) is 17.4 Å². The van der Waals surface area contributed by atoms with Crippen molar-refractivity contribution in [2.24, 2.45) is 0 Å². The number of carboxylic acid groups (broad SMARTS) is 1. The molecule has 1 unspecified atom stereocenters. The maximum Gasteiger partial charge on any atom is 0.348 e. The van der Waals surface area contributed by atoms with Gasteiger partial charge in [-0.3, -0.25) is 0 Å². The molecule has 0 amide bonds. The Morgan fingerprint density at radius 3 is 2.78 bits per heavy atom. The average Bonchev–Trinajstić information content (AvgIpc) is 2.89. The van der Waals surface area contributed by atoms with E-state index in [1.165, 1.54) is 0 Å². The summed E-state index contributed by atoms with van der Waals surface area (Å²) in [5.41, 5.74) is 3.41. The zero-order chi connectivity index (χ0) is 17.4. The Morgan fingerprint density at radius 2 is 2.26 bits per heavy atom. The molecule has 114 valence electrons. The molecule has 2 aromatic rings. The van der Waals surface area contributed by atoms with Crippen LogP contribution in [0.3, 0.4) is 0 Å². The van der Waals surface area contributed by atoms with Gasteiger partial charge in [0.15, 0.2) is 11.5 Å². The molecule has 0 aliphatic heterocycles. The molecule has 8 nitrogen and oxygen atoms in total. The highest BCUT2D eigenvalue weighted by atomic mass is 19.1. The molecule has 2 heterocycles. The first-order valence-corrected chi connectivity index (χ1v) is 6.17. The third-order valence-corrected chi connectivity index (χ3v) is 3.30. The number of rotatable bonds is 5. The monoisotopic (exact) mass is 313 g/mol. The molecule has 11 heteroatoms. The van der Waals surface area contributed by atoms with Crippen molar-refractivity contribution in [3.63, 3.8) is 0 Å². The minimum Gasteiger partial charge on any atom is -0.478 e. The Balaban J connectivity index is 2.56. The van der Waals surface area contributed by atoms with Gasteiger partial charge in [0.1, 0.15) is 5.52 Å². The van der Waals surface area contributed by atoms with Crippen LogP contribution in [0.1, 0.15) is 6.42 Å². The highest BCUT2D eigenvalue weighted by molar-refractivity contribution is 6.38. The molecular formula is C12H10B2FN5O3. The summed E-state index contributed by atoms with van der Waals surface area (Å²) in [4.78, 5) is 22.1. The molecule has 23 heavy (non-hydrogen) atoms. The van der Waals surface area contributed by atoms with E-state index in [0.717, 1.165) is 18.0 Å². The molecule has 0 saturated carbocycles. The topological polar surface area (TPSA) is 116 Å². The summed E-state index contributed by atoms with van der Waals surface area (Å²) in [6.07, 6.45) is 4.72. The number of nitrogens with zero attached hydrogens (tertiary/aromatic N) is 4. The lowest BCUT2D eigenvalue weighted by Gasteiger charge is -2.35. The molecule has 0 aliphatic rings. The summed E-state index contributed by atoms with van der Waals surface area (Å²) in [6.45, 7) is 0. The normalized spacial score (nSPS) is 14.3. The van der Waals surface area contributed by atoms with Crippen LogP contribution in [-0.4, -0.2) is 59.0 Å². The van der Waals surface area contributed by atoms with E-state index >= 15 is 0 Å². The quantitative estimate of drug-likeness (QED) is 0.412. The Hall–Kier alpha value is -2.60. The number of ether oxygens (including phenoxy) is 1. The summed E-state index contributed by atoms with van der Waals surface area (Å²) in [5.74, 6) is 0.342. The SMILES string of the molecule is [B]C([B])(CC(C#C)(OC)C(=O)O)n1cnc2c(N)nc(F)nc21. The number of carboxylic acids is 1. The standard InChI is InChI=1S/C12H10B2FN5O3/c1-3-11(23-2,9(21)22)4-12(13,14)20-5-17-6-7(16)18-10(15)19-8(6)20/h1,5H,4H2,2H3,(H,21,22)(H2,16,18,19). The van der Waals surface area contributed by atoms with E-state index in [4.69, 9.17) is 32.6 Å². The first-order valence-electron chi connectivity index (χ1n) is 6.17.